The Kier molecular flexibility index (Phi) is 4.01. The summed E-state index contributed by atoms with van der Waals surface area (Å²) in [6.45, 7) is 1.42. The van der Waals surface area contributed by atoms with Gasteiger partial charge in [0, 0.05) is 22.4 Å². The van der Waals surface area contributed by atoms with E-state index in [2.05, 4.69) is 20.0 Å². The number of hydrogen-bond donors (Lipinski definition) is 3. The van der Waals surface area contributed by atoms with E-state index in [0.29, 0.717) is 11.3 Å². The van der Waals surface area contributed by atoms with Gasteiger partial charge in [-0.05, 0) is 12.5 Å². The molecule has 1 rings (SSSR count). The molecule has 0 aliphatic carbocycles. The van der Waals surface area contributed by atoms with Crippen LogP contribution in [-0.2, 0) is 0 Å². The summed E-state index contributed by atoms with van der Waals surface area (Å²) in [5, 5.41) is 22.4. The number of nitrogens with zero attached hydrogens (tertiary/aromatic N) is 5. The highest BCUT2D eigenvalue weighted by molar-refractivity contribution is 5.26. The summed E-state index contributed by atoms with van der Waals surface area (Å²) in [6.07, 6.45) is -1.06. The lowest BCUT2D eigenvalue weighted by molar-refractivity contribution is 0.0236. The summed E-state index contributed by atoms with van der Waals surface area (Å²) in [5.41, 5.74) is 14.3. The van der Waals surface area contributed by atoms with Gasteiger partial charge < -0.3 is 15.9 Å². The van der Waals surface area contributed by atoms with Crippen molar-refractivity contribution in [3.63, 3.8) is 0 Å². The predicted octanol–water partition coefficient (Wildman–Crippen LogP) is 0.0718. The summed E-state index contributed by atoms with van der Waals surface area (Å²) < 4.78 is 0. The van der Waals surface area contributed by atoms with Gasteiger partial charge in [0.2, 0.25) is 5.95 Å². The third-order valence-electron chi connectivity index (χ3n) is 2.05. The fourth-order valence-corrected chi connectivity index (χ4v) is 1.21. The van der Waals surface area contributed by atoms with E-state index in [4.69, 9.17) is 11.3 Å². The quantitative estimate of drug-likeness (QED) is 0.377. The van der Waals surface area contributed by atoms with Gasteiger partial charge in [0.25, 0.3) is 0 Å². The number of aliphatic hydroxyl groups excluding tert-OH is 2. The van der Waals surface area contributed by atoms with Crippen LogP contribution in [0.25, 0.3) is 10.4 Å². The van der Waals surface area contributed by atoms with Crippen molar-refractivity contribution in [3.05, 3.63) is 27.9 Å². The molecule has 0 amide bonds. The van der Waals surface area contributed by atoms with Crippen molar-refractivity contribution in [2.75, 3.05) is 12.3 Å². The second kappa shape index (κ2) is 5.26. The molecule has 0 saturated carbocycles. The molecule has 0 spiro atoms. The average Bonchev–Trinajstić information content (AvgIpc) is 2.25. The van der Waals surface area contributed by atoms with Gasteiger partial charge in [-0.1, -0.05) is 5.11 Å². The van der Waals surface area contributed by atoms with Crippen molar-refractivity contribution in [1.29, 1.82) is 0 Å². The highest BCUT2D eigenvalue weighted by Crippen LogP contribution is 2.19. The number of aromatic nitrogens is 2. The van der Waals surface area contributed by atoms with Crippen LogP contribution < -0.4 is 5.73 Å². The van der Waals surface area contributed by atoms with E-state index in [1.807, 2.05) is 0 Å². The Bertz CT molecular complexity index is 417. The van der Waals surface area contributed by atoms with Crippen molar-refractivity contribution in [2.45, 2.75) is 19.1 Å². The largest absolute Gasteiger partial charge is 0.390 e. The standard InChI is InChI=1S/C8H12N6O2/c1-4-5(2-11-8(9)13-4)7(16)6(15)3-12-14-10/h2,6-7,15-16H,3H2,1H3,(H2,9,11,13). The van der Waals surface area contributed by atoms with E-state index >= 15 is 0 Å². The Hall–Kier alpha value is -1.89. The summed E-state index contributed by atoms with van der Waals surface area (Å²) in [7, 11) is 0. The molecular weight excluding hydrogens is 212 g/mol. The Morgan fingerprint density at radius 1 is 1.62 bits per heavy atom. The molecule has 2 unspecified atom stereocenters. The van der Waals surface area contributed by atoms with Gasteiger partial charge >= 0.3 is 0 Å². The first-order chi connectivity index (χ1) is 7.56. The summed E-state index contributed by atoms with van der Waals surface area (Å²) in [5.74, 6) is 0.0954. The minimum absolute atomic E-state index is 0.0954. The fourth-order valence-electron chi connectivity index (χ4n) is 1.21. The van der Waals surface area contributed by atoms with Crippen LogP contribution in [0.15, 0.2) is 11.3 Å². The van der Waals surface area contributed by atoms with Gasteiger partial charge in [-0.25, -0.2) is 9.97 Å². The fraction of sp³-hybridized carbons (Fsp3) is 0.500. The Labute approximate surface area is 91.4 Å². The van der Waals surface area contributed by atoms with E-state index in [9.17, 15) is 10.2 Å². The highest BCUT2D eigenvalue weighted by atomic mass is 16.3. The maximum Gasteiger partial charge on any atom is 0.220 e. The molecule has 0 bridgehead atoms. The molecule has 0 aromatic carbocycles. The molecule has 1 aromatic rings. The summed E-state index contributed by atoms with van der Waals surface area (Å²) in [6, 6.07) is 0. The zero-order valence-corrected chi connectivity index (χ0v) is 8.65. The normalized spacial score (nSPS) is 13.9. The summed E-state index contributed by atoms with van der Waals surface area (Å²) in [4.78, 5) is 10.1. The Morgan fingerprint density at radius 3 is 2.88 bits per heavy atom. The van der Waals surface area contributed by atoms with Crippen LogP contribution in [-0.4, -0.2) is 32.8 Å². The smallest absolute Gasteiger partial charge is 0.220 e. The van der Waals surface area contributed by atoms with E-state index in [1.54, 1.807) is 6.92 Å². The molecule has 1 heterocycles. The number of hydrogen-bond acceptors (Lipinski definition) is 6. The minimum Gasteiger partial charge on any atom is -0.390 e. The van der Waals surface area contributed by atoms with Crippen LogP contribution in [0.4, 0.5) is 5.95 Å². The SMILES string of the molecule is Cc1nc(N)ncc1C(O)C(O)CN=[N+]=[N-]. The van der Waals surface area contributed by atoms with E-state index < -0.39 is 12.2 Å². The molecule has 86 valence electrons. The van der Waals surface area contributed by atoms with Crippen LogP contribution >= 0.6 is 0 Å². The van der Waals surface area contributed by atoms with Crippen molar-refractivity contribution in [1.82, 2.24) is 9.97 Å². The van der Waals surface area contributed by atoms with Crippen molar-refractivity contribution >= 4 is 5.95 Å². The van der Waals surface area contributed by atoms with E-state index in [1.165, 1.54) is 6.20 Å². The average molecular weight is 224 g/mol. The molecule has 8 nitrogen and oxygen atoms in total. The number of rotatable bonds is 4. The maximum atomic E-state index is 9.73. The molecule has 0 saturated heterocycles. The van der Waals surface area contributed by atoms with Crippen LogP contribution in [0.3, 0.4) is 0 Å². The van der Waals surface area contributed by atoms with Gasteiger partial charge in [-0.15, -0.1) is 0 Å². The van der Waals surface area contributed by atoms with Gasteiger partial charge in [0.15, 0.2) is 0 Å². The number of azide groups is 1. The highest BCUT2D eigenvalue weighted by Gasteiger charge is 2.20. The number of nitrogens with two attached hydrogens (primary N) is 1. The number of aryl methyl sites for hydroxylation is 1. The van der Waals surface area contributed by atoms with Crippen molar-refractivity contribution in [3.8, 4) is 0 Å². The molecule has 2 atom stereocenters. The molecule has 16 heavy (non-hydrogen) atoms. The van der Waals surface area contributed by atoms with E-state index in [-0.39, 0.29) is 12.5 Å². The van der Waals surface area contributed by atoms with Crippen molar-refractivity contribution in [2.24, 2.45) is 5.11 Å². The number of nitrogen functional groups attached to an aromatic ring is 1. The third-order valence-corrected chi connectivity index (χ3v) is 2.05. The van der Waals surface area contributed by atoms with Gasteiger partial charge in [-0.2, -0.15) is 0 Å². The van der Waals surface area contributed by atoms with E-state index in [0.717, 1.165) is 0 Å². The second-order valence-corrected chi connectivity index (χ2v) is 3.19. The maximum absolute atomic E-state index is 9.73. The zero-order valence-electron chi connectivity index (χ0n) is 8.65. The third kappa shape index (κ3) is 2.80. The molecule has 1 aromatic heterocycles. The predicted molar refractivity (Wildman–Crippen MR) is 56.2 cm³/mol. The first kappa shape index (κ1) is 12.2. The monoisotopic (exact) mass is 224 g/mol. The minimum atomic E-state index is -1.20. The molecule has 0 fully saturated rings. The Morgan fingerprint density at radius 2 is 2.31 bits per heavy atom. The van der Waals surface area contributed by atoms with Gasteiger partial charge in [-0.3, -0.25) is 0 Å². The zero-order chi connectivity index (χ0) is 12.1. The van der Waals surface area contributed by atoms with Gasteiger partial charge in [0.05, 0.1) is 12.6 Å². The lowest BCUT2D eigenvalue weighted by Gasteiger charge is -2.17. The number of aliphatic hydroxyl groups is 2. The first-order valence-electron chi connectivity index (χ1n) is 4.52. The molecular formula is C8H12N6O2. The Balaban J connectivity index is 2.86. The molecule has 8 heteroatoms. The van der Waals surface area contributed by atoms with Crippen LogP contribution in [0, 0.1) is 6.92 Å². The second-order valence-electron chi connectivity index (χ2n) is 3.19. The number of anilines is 1. The molecule has 0 aliphatic rings. The van der Waals surface area contributed by atoms with Crippen LogP contribution in [0.1, 0.15) is 17.4 Å². The summed E-state index contributed by atoms with van der Waals surface area (Å²) >= 11 is 0. The first-order valence-corrected chi connectivity index (χ1v) is 4.52. The molecule has 0 radical (unpaired) electrons. The van der Waals surface area contributed by atoms with Crippen LogP contribution in [0.2, 0.25) is 0 Å². The lowest BCUT2D eigenvalue weighted by atomic mass is 10.1. The molecule has 0 aliphatic heterocycles. The van der Waals surface area contributed by atoms with Crippen LogP contribution in [0.5, 0.6) is 0 Å². The van der Waals surface area contributed by atoms with Gasteiger partial charge in [0.1, 0.15) is 6.10 Å². The topological polar surface area (TPSA) is 141 Å². The van der Waals surface area contributed by atoms with Crippen molar-refractivity contribution < 1.29 is 10.2 Å². The lowest BCUT2D eigenvalue weighted by Crippen LogP contribution is -2.22. The molecule has 4 N–H and O–H groups in total.